The maximum atomic E-state index is 12.6. The Morgan fingerprint density at radius 3 is 1.11 bits per heavy atom. The van der Waals surface area contributed by atoms with Crippen LogP contribution in [0.5, 0.6) is 0 Å². The first-order valence-corrected chi connectivity index (χ1v) is 17.3. The lowest BCUT2D eigenvalue weighted by molar-refractivity contribution is -0.149. The van der Waals surface area contributed by atoms with Crippen molar-refractivity contribution in [2.75, 3.05) is 6.61 Å². The molecule has 0 rings (SSSR count). The summed E-state index contributed by atoms with van der Waals surface area (Å²) in [7, 11) is 0. The molecule has 2 atom stereocenters. The van der Waals surface area contributed by atoms with Crippen LogP contribution in [0, 0.1) is 11.8 Å². The minimum atomic E-state index is 0.0543. The molecule has 2 nitrogen and oxygen atoms in total. The predicted molar refractivity (Wildman–Crippen MR) is 165 cm³/mol. The van der Waals surface area contributed by atoms with Gasteiger partial charge >= 0.3 is 5.97 Å². The van der Waals surface area contributed by atoms with Gasteiger partial charge in [0.25, 0.3) is 0 Å². The van der Waals surface area contributed by atoms with E-state index in [1.54, 1.807) is 0 Å². The van der Waals surface area contributed by atoms with Crippen LogP contribution in [0.2, 0.25) is 0 Å². The second-order valence-electron chi connectivity index (χ2n) is 12.2. The molecule has 0 N–H and O–H groups in total. The number of rotatable bonds is 30. The van der Waals surface area contributed by atoms with Gasteiger partial charge < -0.3 is 4.74 Å². The predicted octanol–water partition coefficient (Wildman–Crippen LogP) is 12.4. The first kappa shape index (κ1) is 36.5. The molecular weight excluding hydrogens is 452 g/mol. The van der Waals surface area contributed by atoms with Gasteiger partial charge in [0, 0.05) is 0 Å². The van der Waals surface area contributed by atoms with Crippen LogP contribution >= 0.6 is 0 Å². The van der Waals surface area contributed by atoms with Gasteiger partial charge in [-0.05, 0) is 25.2 Å². The molecule has 0 aromatic rings. The topological polar surface area (TPSA) is 26.3 Å². The van der Waals surface area contributed by atoms with Gasteiger partial charge in [-0.1, -0.05) is 182 Å². The average molecular weight is 523 g/mol. The van der Waals surface area contributed by atoms with Crippen molar-refractivity contribution in [3.05, 3.63) is 0 Å². The van der Waals surface area contributed by atoms with E-state index in [9.17, 15) is 4.79 Å². The number of carbonyl (C=O) groups excluding carboxylic acids is 1. The summed E-state index contributed by atoms with van der Waals surface area (Å²) in [6, 6.07) is 0. The molecule has 0 aromatic carbocycles. The summed E-state index contributed by atoms with van der Waals surface area (Å²) in [6.45, 7) is 9.59. The van der Waals surface area contributed by atoms with Gasteiger partial charge in [0.15, 0.2) is 0 Å². The molecule has 0 saturated heterocycles. The van der Waals surface area contributed by atoms with E-state index < -0.39 is 0 Å². The lowest BCUT2D eigenvalue weighted by Gasteiger charge is -2.19. The molecule has 0 saturated carbocycles. The summed E-state index contributed by atoms with van der Waals surface area (Å²) in [5.74, 6) is 0.686. The first-order valence-electron chi connectivity index (χ1n) is 17.3. The summed E-state index contributed by atoms with van der Waals surface area (Å²) in [6.07, 6.45) is 36.0. The van der Waals surface area contributed by atoms with Crippen molar-refractivity contribution in [1.82, 2.24) is 0 Å². The maximum absolute atomic E-state index is 12.6. The van der Waals surface area contributed by atoms with Gasteiger partial charge in [0.2, 0.25) is 0 Å². The third-order valence-electron chi connectivity index (χ3n) is 8.29. The fraction of sp³-hybridized carbons (Fsp3) is 0.971. The highest BCUT2D eigenvalue weighted by Crippen LogP contribution is 2.21. The SMILES string of the molecule is CCCCCCCCCCCCCCC(C)C(=O)OCC(CCCCCCC)CCCCCCCCC. The Bertz CT molecular complexity index is 447. The first-order chi connectivity index (χ1) is 18.2. The van der Waals surface area contributed by atoms with Crippen molar-refractivity contribution in [2.24, 2.45) is 11.8 Å². The monoisotopic (exact) mass is 523 g/mol. The van der Waals surface area contributed by atoms with Gasteiger partial charge in [-0.3, -0.25) is 4.79 Å². The molecule has 2 heteroatoms. The second-order valence-corrected chi connectivity index (χ2v) is 12.2. The van der Waals surface area contributed by atoms with Crippen molar-refractivity contribution < 1.29 is 9.53 Å². The van der Waals surface area contributed by atoms with Crippen LogP contribution in [0.4, 0.5) is 0 Å². The van der Waals surface area contributed by atoms with E-state index >= 15 is 0 Å². The number of unbranched alkanes of at least 4 members (excludes halogenated alkanes) is 21. The van der Waals surface area contributed by atoms with E-state index in [-0.39, 0.29) is 11.9 Å². The summed E-state index contributed by atoms with van der Waals surface area (Å²) in [5.41, 5.74) is 0. The zero-order chi connectivity index (χ0) is 27.2. The maximum Gasteiger partial charge on any atom is 0.308 e. The third-order valence-corrected chi connectivity index (χ3v) is 8.29. The minimum Gasteiger partial charge on any atom is -0.465 e. The van der Waals surface area contributed by atoms with E-state index in [0.29, 0.717) is 12.5 Å². The largest absolute Gasteiger partial charge is 0.465 e. The van der Waals surface area contributed by atoms with Crippen LogP contribution in [-0.2, 0) is 9.53 Å². The van der Waals surface area contributed by atoms with Gasteiger partial charge in [-0.25, -0.2) is 0 Å². The Labute approximate surface area is 234 Å². The van der Waals surface area contributed by atoms with E-state index in [0.717, 1.165) is 6.42 Å². The molecule has 2 unspecified atom stereocenters. The summed E-state index contributed by atoms with van der Waals surface area (Å²) >= 11 is 0. The highest BCUT2D eigenvalue weighted by Gasteiger charge is 2.17. The number of hydrogen-bond donors (Lipinski definition) is 0. The van der Waals surface area contributed by atoms with E-state index in [2.05, 4.69) is 27.7 Å². The molecule has 222 valence electrons. The minimum absolute atomic E-state index is 0.0543. The van der Waals surface area contributed by atoms with Gasteiger partial charge in [0.1, 0.15) is 0 Å². The number of esters is 1. The molecule has 0 aliphatic heterocycles. The summed E-state index contributed by atoms with van der Waals surface area (Å²) in [5, 5.41) is 0. The quantitative estimate of drug-likeness (QED) is 0.0692. The Hall–Kier alpha value is -0.530. The van der Waals surface area contributed by atoms with E-state index in [1.165, 1.54) is 167 Å². The smallest absolute Gasteiger partial charge is 0.308 e. The lowest BCUT2D eigenvalue weighted by atomic mass is 9.94. The number of hydrogen-bond acceptors (Lipinski definition) is 2. The van der Waals surface area contributed by atoms with Crippen LogP contribution in [-0.4, -0.2) is 12.6 Å². The van der Waals surface area contributed by atoms with Crippen LogP contribution in [0.1, 0.15) is 201 Å². The Morgan fingerprint density at radius 1 is 0.459 bits per heavy atom. The van der Waals surface area contributed by atoms with Crippen molar-refractivity contribution in [3.8, 4) is 0 Å². The highest BCUT2D eigenvalue weighted by molar-refractivity contribution is 5.71. The van der Waals surface area contributed by atoms with Crippen molar-refractivity contribution in [2.45, 2.75) is 201 Å². The van der Waals surface area contributed by atoms with Gasteiger partial charge in [-0.2, -0.15) is 0 Å². The lowest BCUT2D eigenvalue weighted by Crippen LogP contribution is -2.20. The second kappa shape index (κ2) is 30.0. The molecule has 0 amide bonds. The zero-order valence-electron chi connectivity index (χ0n) is 26.3. The van der Waals surface area contributed by atoms with Crippen molar-refractivity contribution >= 4 is 5.97 Å². The average Bonchev–Trinajstić information content (AvgIpc) is 2.90. The molecule has 0 aliphatic carbocycles. The fourth-order valence-electron chi connectivity index (χ4n) is 5.49. The molecule has 0 fully saturated rings. The van der Waals surface area contributed by atoms with Crippen LogP contribution < -0.4 is 0 Å². The summed E-state index contributed by atoms with van der Waals surface area (Å²) < 4.78 is 5.87. The molecule has 0 radical (unpaired) electrons. The Morgan fingerprint density at radius 2 is 0.757 bits per heavy atom. The van der Waals surface area contributed by atoms with Gasteiger partial charge in [0.05, 0.1) is 12.5 Å². The zero-order valence-corrected chi connectivity index (χ0v) is 26.3. The molecule has 0 aromatic heterocycles. The molecule has 0 heterocycles. The van der Waals surface area contributed by atoms with Gasteiger partial charge in [-0.15, -0.1) is 0 Å². The van der Waals surface area contributed by atoms with Crippen molar-refractivity contribution in [1.29, 1.82) is 0 Å². The summed E-state index contributed by atoms with van der Waals surface area (Å²) in [4.78, 5) is 12.6. The number of ether oxygens (including phenoxy) is 1. The molecule has 37 heavy (non-hydrogen) atoms. The van der Waals surface area contributed by atoms with E-state index in [4.69, 9.17) is 4.74 Å². The molecule has 0 aliphatic rings. The molecule has 0 spiro atoms. The standard InChI is InChI=1S/C35H70O2/c1-5-8-11-14-16-17-18-19-20-22-24-26-29-33(4)35(36)37-32-34(30-27-23-13-10-7-3)31-28-25-21-15-12-9-6-2/h33-34H,5-32H2,1-4H3. The van der Waals surface area contributed by atoms with Crippen LogP contribution in [0.25, 0.3) is 0 Å². The highest BCUT2D eigenvalue weighted by atomic mass is 16.5. The number of carbonyl (C=O) groups is 1. The molecular formula is C35H70O2. The van der Waals surface area contributed by atoms with Crippen LogP contribution in [0.3, 0.4) is 0 Å². The van der Waals surface area contributed by atoms with Crippen molar-refractivity contribution in [3.63, 3.8) is 0 Å². The fourth-order valence-corrected chi connectivity index (χ4v) is 5.49. The van der Waals surface area contributed by atoms with E-state index in [1.807, 2.05) is 0 Å². The van der Waals surface area contributed by atoms with Crippen LogP contribution in [0.15, 0.2) is 0 Å². The Balaban J connectivity index is 3.95. The normalized spacial score (nSPS) is 13.1. The third kappa shape index (κ3) is 26.8. The Kier molecular flexibility index (Phi) is 29.6. The molecule has 0 bridgehead atoms.